The van der Waals surface area contributed by atoms with Crippen LogP contribution in [0.25, 0.3) is 0 Å². The van der Waals surface area contributed by atoms with E-state index < -0.39 is 0 Å². The highest BCUT2D eigenvalue weighted by molar-refractivity contribution is 5.91. The van der Waals surface area contributed by atoms with Gasteiger partial charge in [-0.2, -0.15) is 0 Å². The van der Waals surface area contributed by atoms with E-state index in [0.29, 0.717) is 43.4 Å². The standard InChI is InChI=1S/C19H18FN5O2/c20-14-4-1-2-5-15(14)23-17-12-18(22-13-21-17)24-7-9-25(10-8-24)19(26)16-6-3-11-27-16/h1-6,11-13H,7-10H2,(H,21,22,23). The average Bonchev–Trinajstić information content (AvgIpc) is 3.24. The molecule has 1 saturated heterocycles. The number of benzene rings is 1. The van der Waals surface area contributed by atoms with Gasteiger partial charge in [-0.05, 0) is 24.3 Å². The van der Waals surface area contributed by atoms with Gasteiger partial charge in [-0.15, -0.1) is 0 Å². The lowest BCUT2D eigenvalue weighted by Gasteiger charge is -2.35. The van der Waals surface area contributed by atoms with E-state index in [0.717, 1.165) is 5.82 Å². The molecule has 0 radical (unpaired) electrons. The van der Waals surface area contributed by atoms with Crippen molar-refractivity contribution < 1.29 is 13.6 Å². The third-order valence-electron chi connectivity index (χ3n) is 4.41. The number of carbonyl (C=O) groups excluding carboxylic acids is 1. The molecule has 2 aromatic heterocycles. The number of nitrogens with one attached hydrogen (secondary N) is 1. The molecule has 0 bridgehead atoms. The molecule has 1 N–H and O–H groups in total. The largest absolute Gasteiger partial charge is 0.459 e. The maximum atomic E-state index is 13.8. The molecular weight excluding hydrogens is 349 g/mol. The van der Waals surface area contributed by atoms with Crippen molar-refractivity contribution in [3.63, 3.8) is 0 Å². The van der Waals surface area contributed by atoms with Crippen molar-refractivity contribution in [1.29, 1.82) is 0 Å². The Morgan fingerprint density at radius 3 is 2.63 bits per heavy atom. The van der Waals surface area contributed by atoms with Crippen molar-refractivity contribution in [2.75, 3.05) is 36.4 Å². The minimum atomic E-state index is -0.345. The van der Waals surface area contributed by atoms with E-state index in [-0.39, 0.29) is 11.7 Å². The zero-order valence-corrected chi connectivity index (χ0v) is 14.5. The SMILES string of the molecule is O=C(c1ccco1)N1CCN(c2cc(Nc3ccccc3F)ncn2)CC1. The Morgan fingerprint density at radius 2 is 1.89 bits per heavy atom. The molecular formula is C19H18FN5O2. The first-order valence-electron chi connectivity index (χ1n) is 8.62. The number of hydrogen-bond donors (Lipinski definition) is 1. The lowest BCUT2D eigenvalue weighted by atomic mass is 10.2. The molecule has 0 unspecified atom stereocenters. The Balaban J connectivity index is 1.41. The van der Waals surface area contributed by atoms with Crippen LogP contribution < -0.4 is 10.2 Å². The Bertz CT molecular complexity index is 923. The molecule has 3 heterocycles. The van der Waals surface area contributed by atoms with Crippen molar-refractivity contribution in [2.24, 2.45) is 0 Å². The van der Waals surface area contributed by atoms with Crippen molar-refractivity contribution in [2.45, 2.75) is 0 Å². The number of amides is 1. The minimum absolute atomic E-state index is 0.107. The fourth-order valence-electron chi connectivity index (χ4n) is 2.98. The summed E-state index contributed by atoms with van der Waals surface area (Å²) >= 11 is 0. The van der Waals surface area contributed by atoms with E-state index in [1.54, 1.807) is 41.3 Å². The minimum Gasteiger partial charge on any atom is -0.459 e. The van der Waals surface area contributed by atoms with Gasteiger partial charge in [0.2, 0.25) is 0 Å². The summed E-state index contributed by atoms with van der Waals surface area (Å²) in [7, 11) is 0. The lowest BCUT2D eigenvalue weighted by molar-refractivity contribution is 0.0714. The molecule has 8 heteroatoms. The fraction of sp³-hybridized carbons (Fsp3) is 0.211. The molecule has 138 valence electrons. The van der Waals surface area contributed by atoms with Crippen molar-refractivity contribution in [3.05, 3.63) is 66.6 Å². The molecule has 0 saturated carbocycles. The van der Waals surface area contributed by atoms with Crippen LogP contribution in [0.2, 0.25) is 0 Å². The Hall–Kier alpha value is -3.42. The Morgan fingerprint density at radius 1 is 1.07 bits per heavy atom. The highest BCUT2D eigenvalue weighted by Crippen LogP contribution is 2.21. The second-order valence-corrected chi connectivity index (χ2v) is 6.12. The van der Waals surface area contributed by atoms with E-state index >= 15 is 0 Å². The third kappa shape index (κ3) is 3.74. The highest BCUT2D eigenvalue weighted by atomic mass is 19.1. The molecule has 1 fully saturated rings. The second-order valence-electron chi connectivity index (χ2n) is 6.12. The van der Waals surface area contributed by atoms with E-state index in [4.69, 9.17) is 4.42 Å². The number of anilines is 3. The average molecular weight is 367 g/mol. The summed E-state index contributed by atoms with van der Waals surface area (Å²) in [6.45, 7) is 2.42. The zero-order valence-electron chi connectivity index (χ0n) is 14.5. The predicted octanol–water partition coefficient (Wildman–Crippen LogP) is 2.91. The van der Waals surface area contributed by atoms with Crippen LogP contribution in [-0.2, 0) is 0 Å². The number of halogens is 1. The van der Waals surface area contributed by atoms with Crippen LogP contribution >= 0.6 is 0 Å². The van der Waals surface area contributed by atoms with Crippen molar-refractivity contribution in [1.82, 2.24) is 14.9 Å². The Kier molecular flexibility index (Phi) is 4.69. The number of carbonyl (C=O) groups is 1. The molecule has 0 spiro atoms. The summed E-state index contributed by atoms with van der Waals surface area (Å²) in [6.07, 6.45) is 2.94. The molecule has 1 aromatic carbocycles. The normalized spacial score (nSPS) is 14.3. The first-order chi connectivity index (χ1) is 13.2. The number of hydrogen-bond acceptors (Lipinski definition) is 6. The van der Waals surface area contributed by atoms with Gasteiger partial charge in [0.15, 0.2) is 5.76 Å². The predicted molar refractivity (Wildman–Crippen MR) is 98.5 cm³/mol. The molecule has 0 atom stereocenters. The van der Waals surface area contributed by atoms with Crippen LogP contribution in [0.3, 0.4) is 0 Å². The van der Waals surface area contributed by atoms with Crippen LogP contribution in [0.1, 0.15) is 10.6 Å². The maximum absolute atomic E-state index is 13.8. The van der Waals surface area contributed by atoms with E-state index in [2.05, 4.69) is 20.2 Å². The summed E-state index contributed by atoms with van der Waals surface area (Å²) in [4.78, 5) is 24.6. The molecule has 7 nitrogen and oxygen atoms in total. The molecule has 27 heavy (non-hydrogen) atoms. The second kappa shape index (κ2) is 7.45. The summed E-state index contributed by atoms with van der Waals surface area (Å²) in [6, 6.07) is 11.6. The van der Waals surface area contributed by atoms with Gasteiger partial charge < -0.3 is 19.5 Å². The monoisotopic (exact) mass is 367 g/mol. The fourth-order valence-corrected chi connectivity index (χ4v) is 2.98. The van der Waals surface area contributed by atoms with Crippen molar-refractivity contribution >= 4 is 23.2 Å². The number of furan rings is 1. The first kappa shape index (κ1) is 17.0. The van der Waals surface area contributed by atoms with Crippen LogP contribution in [0.15, 0.2) is 59.5 Å². The van der Waals surface area contributed by atoms with Gasteiger partial charge in [-0.3, -0.25) is 4.79 Å². The smallest absolute Gasteiger partial charge is 0.289 e. The zero-order chi connectivity index (χ0) is 18.6. The highest BCUT2D eigenvalue weighted by Gasteiger charge is 2.24. The maximum Gasteiger partial charge on any atom is 0.289 e. The van der Waals surface area contributed by atoms with Crippen molar-refractivity contribution in [3.8, 4) is 0 Å². The molecule has 0 aliphatic carbocycles. The van der Waals surface area contributed by atoms with Gasteiger partial charge in [-0.25, -0.2) is 14.4 Å². The van der Waals surface area contributed by atoms with E-state index in [9.17, 15) is 9.18 Å². The van der Waals surface area contributed by atoms with Gasteiger partial charge in [0.25, 0.3) is 5.91 Å². The summed E-state index contributed by atoms with van der Waals surface area (Å²) in [5.41, 5.74) is 0.357. The van der Waals surface area contributed by atoms with Crippen LogP contribution in [0.5, 0.6) is 0 Å². The van der Waals surface area contributed by atoms with Gasteiger partial charge in [-0.1, -0.05) is 12.1 Å². The number of para-hydroxylation sites is 1. The molecule has 1 aliphatic rings. The van der Waals surface area contributed by atoms with E-state index in [1.807, 2.05) is 0 Å². The summed E-state index contributed by atoms with van der Waals surface area (Å²) in [5, 5.41) is 2.97. The number of nitrogens with zero attached hydrogens (tertiary/aromatic N) is 4. The van der Waals surface area contributed by atoms with Gasteiger partial charge in [0.05, 0.1) is 12.0 Å². The molecule has 1 amide bonds. The van der Waals surface area contributed by atoms with E-state index in [1.165, 1.54) is 18.7 Å². The Labute approximate surface area is 155 Å². The topological polar surface area (TPSA) is 74.5 Å². The number of aromatic nitrogens is 2. The molecule has 4 rings (SSSR count). The summed E-state index contributed by atoms with van der Waals surface area (Å²) < 4.78 is 19.0. The van der Waals surface area contributed by atoms with Crippen LogP contribution in [0, 0.1) is 5.82 Å². The quantitative estimate of drug-likeness (QED) is 0.764. The van der Waals surface area contributed by atoms with Crippen LogP contribution in [0.4, 0.5) is 21.7 Å². The van der Waals surface area contributed by atoms with Gasteiger partial charge in [0, 0.05) is 32.2 Å². The lowest BCUT2D eigenvalue weighted by Crippen LogP contribution is -2.49. The molecule has 3 aromatic rings. The van der Waals surface area contributed by atoms with Gasteiger partial charge in [0.1, 0.15) is 23.8 Å². The first-order valence-corrected chi connectivity index (χ1v) is 8.62. The number of rotatable bonds is 4. The third-order valence-corrected chi connectivity index (χ3v) is 4.41. The molecule has 1 aliphatic heterocycles. The summed E-state index contributed by atoms with van der Waals surface area (Å²) in [5.74, 6) is 1.14. The van der Waals surface area contributed by atoms with Gasteiger partial charge >= 0.3 is 0 Å². The van der Waals surface area contributed by atoms with Crippen LogP contribution in [-0.4, -0.2) is 47.0 Å². The number of piperazine rings is 1.